The standard InChI is InChI=1S/C17H21NO2/c1-13(18-2)15-9-10-16(17(11-15)19-3)20-12-14-7-5-4-6-8-14/h4-11,13,18H,12H2,1-3H3/t13-/m0/s1. The minimum absolute atomic E-state index is 0.284. The third-order valence-corrected chi connectivity index (χ3v) is 3.36. The summed E-state index contributed by atoms with van der Waals surface area (Å²) in [6.45, 7) is 2.65. The van der Waals surface area contributed by atoms with E-state index in [0.29, 0.717) is 6.61 Å². The highest BCUT2D eigenvalue weighted by atomic mass is 16.5. The van der Waals surface area contributed by atoms with Crippen LogP contribution in [0.2, 0.25) is 0 Å². The van der Waals surface area contributed by atoms with Crippen molar-refractivity contribution in [2.45, 2.75) is 19.6 Å². The topological polar surface area (TPSA) is 30.5 Å². The lowest BCUT2D eigenvalue weighted by molar-refractivity contribution is 0.284. The zero-order valence-corrected chi connectivity index (χ0v) is 12.2. The van der Waals surface area contributed by atoms with Gasteiger partial charge in [-0.1, -0.05) is 36.4 Å². The highest BCUT2D eigenvalue weighted by Crippen LogP contribution is 2.30. The van der Waals surface area contributed by atoms with E-state index >= 15 is 0 Å². The average Bonchev–Trinajstić information content (AvgIpc) is 2.53. The molecule has 20 heavy (non-hydrogen) atoms. The first kappa shape index (κ1) is 14.4. The zero-order valence-electron chi connectivity index (χ0n) is 12.2. The fraction of sp³-hybridized carbons (Fsp3) is 0.294. The second-order valence-corrected chi connectivity index (χ2v) is 4.69. The Labute approximate surface area is 120 Å². The van der Waals surface area contributed by atoms with Gasteiger partial charge in [0.1, 0.15) is 6.61 Å². The van der Waals surface area contributed by atoms with Gasteiger partial charge in [-0.3, -0.25) is 0 Å². The Kier molecular flexibility index (Phi) is 5.02. The first-order valence-corrected chi connectivity index (χ1v) is 6.76. The second-order valence-electron chi connectivity index (χ2n) is 4.69. The maximum atomic E-state index is 5.84. The number of rotatable bonds is 6. The SMILES string of the molecule is CN[C@@H](C)c1ccc(OCc2ccccc2)c(OC)c1. The van der Waals surface area contributed by atoms with E-state index < -0.39 is 0 Å². The second kappa shape index (κ2) is 6.96. The Balaban J connectivity index is 2.11. The minimum atomic E-state index is 0.284. The van der Waals surface area contributed by atoms with Crippen molar-refractivity contribution in [1.29, 1.82) is 0 Å². The molecule has 0 fully saturated rings. The van der Waals surface area contributed by atoms with E-state index in [4.69, 9.17) is 9.47 Å². The van der Waals surface area contributed by atoms with Gasteiger partial charge in [0.15, 0.2) is 11.5 Å². The molecule has 0 saturated heterocycles. The molecule has 0 spiro atoms. The normalized spacial score (nSPS) is 11.9. The Bertz CT molecular complexity index is 540. The van der Waals surface area contributed by atoms with Crippen LogP contribution in [0.1, 0.15) is 24.1 Å². The summed E-state index contributed by atoms with van der Waals surface area (Å²) in [5, 5.41) is 3.21. The van der Waals surface area contributed by atoms with Gasteiger partial charge in [0.2, 0.25) is 0 Å². The minimum Gasteiger partial charge on any atom is -0.493 e. The van der Waals surface area contributed by atoms with Crippen molar-refractivity contribution in [3.05, 3.63) is 59.7 Å². The monoisotopic (exact) mass is 271 g/mol. The van der Waals surface area contributed by atoms with E-state index in [9.17, 15) is 0 Å². The molecule has 3 nitrogen and oxygen atoms in total. The van der Waals surface area contributed by atoms with Crippen LogP contribution in [0.15, 0.2) is 48.5 Å². The van der Waals surface area contributed by atoms with Gasteiger partial charge in [-0.15, -0.1) is 0 Å². The Morgan fingerprint density at radius 3 is 2.45 bits per heavy atom. The number of hydrogen-bond donors (Lipinski definition) is 1. The smallest absolute Gasteiger partial charge is 0.161 e. The zero-order chi connectivity index (χ0) is 14.4. The molecule has 0 unspecified atom stereocenters. The Morgan fingerprint density at radius 1 is 1.05 bits per heavy atom. The summed E-state index contributed by atoms with van der Waals surface area (Å²) in [6.07, 6.45) is 0. The summed E-state index contributed by atoms with van der Waals surface area (Å²) in [7, 11) is 3.61. The Morgan fingerprint density at radius 2 is 1.80 bits per heavy atom. The molecule has 2 aromatic rings. The molecule has 0 saturated carbocycles. The number of hydrogen-bond acceptors (Lipinski definition) is 3. The predicted octanol–water partition coefficient (Wildman–Crippen LogP) is 3.55. The predicted molar refractivity (Wildman–Crippen MR) is 81.2 cm³/mol. The van der Waals surface area contributed by atoms with Crippen molar-refractivity contribution in [1.82, 2.24) is 5.32 Å². The summed E-state index contributed by atoms with van der Waals surface area (Å²) < 4.78 is 11.3. The lowest BCUT2D eigenvalue weighted by atomic mass is 10.1. The molecule has 0 bridgehead atoms. The number of nitrogens with one attached hydrogen (secondary N) is 1. The van der Waals surface area contributed by atoms with Gasteiger partial charge in [-0.2, -0.15) is 0 Å². The molecule has 0 aliphatic heterocycles. The van der Waals surface area contributed by atoms with Crippen LogP contribution in [-0.4, -0.2) is 14.2 Å². The molecule has 0 aliphatic rings. The quantitative estimate of drug-likeness (QED) is 0.871. The summed E-state index contributed by atoms with van der Waals surface area (Å²) >= 11 is 0. The van der Waals surface area contributed by atoms with Crippen molar-refractivity contribution in [2.24, 2.45) is 0 Å². The van der Waals surface area contributed by atoms with Gasteiger partial charge >= 0.3 is 0 Å². The number of methoxy groups -OCH3 is 1. The number of benzene rings is 2. The number of ether oxygens (including phenoxy) is 2. The molecular weight excluding hydrogens is 250 g/mol. The summed E-state index contributed by atoms with van der Waals surface area (Å²) in [5.74, 6) is 1.53. The third kappa shape index (κ3) is 3.52. The van der Waals surface area contributed by atoms with Crippen LogP contribution in [0.3, 0.4) is 0 Å². The first-order chi connectivity index (χ1) is 9.74. The molecular formula is C17H21NO2. The van der Waals surface area contributed by atoms with Crippen molar-refractivity contribution in [3.8, 4) is 11.5 Å². The van der Waals surface area contributed by atoms with E-state index in [1.54, 1.807) is 7.11 Å². The molecule has 3 heteroatoms. The summed E-state index contributed by atoms with van der Waals surface area (Å²) in [6, 6.07) is 16.4. The van der Waals surface area contributed by atoms with E-state index in [2.05, 4.69) is 18.3 Å². The van der Waals surface area contributed by atoms with E-state index in [1.807, 2.05) is 49.5 Å². The maximum Gasteiger partial charge on any atom is 0.161 e. The van der Waals surface area contributed by atoms with Crippen LogP contribution in [-0.2, 0) is 6.61 Å². The molecule has 0 aromatic heterocycles. The van der Waals surface area contributed by atoms with Crippen molar-refractivity contribution in [2.75, 3.05) is 14.2 Å². The lowest BCUT2D eigenvalue weighted by Gasteiger charge is -2.15. The molecule has 0 heterocycles. The van der Waals surface area contributed by atoms with Gasteiger partial charge in [0, 0.05) is 6.04 Å². The highest BCUT2D eigenvalue weighted by molar-refractivity contribution is 5.43. The molecule has 0 amide bonds. The van der Waals surface area contributed by atoms with E-state index in [-0.39, 0.29) is 6.04 Å². The van der Waals surface area contributed by atoms with Crippen molar-refractivity contribution >= 4 is 0 Å². The maximum absolute atomic E-state index is 5.84. The fourth-order valence-electron chi connectivity index (χ4n) is 1.97. The molecule has 2 rings (SSSR count). The Hall–Kier alpha value is -2.00. The lowest BCUT2D eigenvalue weighted by Crippen LogP contribution is -2.12. The van der Waals surface area contributed by atoms with Gasteiger partial charge in [0.05, 0.1) is 7.11 Å². The molecule has 1 atom stereocenters. The van der Waals surface area contributed by atoms with E-state index in [1.165, 1.54) is 5.56 Å². The van der Waals surface area contributed by atoms with E-state index in [0.717, 1.165) is 17.1 Å². The van der Waals surface area contributed by atoms with Crippen LogP contribution in [0, 0.1) is 0 Å². The highest BCUT2D eigenvalue weighted by Gasteiger charge is 2.09. The molecule has 2 aromatic carbocycles. The fourth-order valence-corrected chi connectivity index (χ4v) is 1.97. The molecule has 0 aliphatic carbocycles. The van der Waals surface area contributed by atoms with Crippen LogP contribution in [0.5, 0.6) is 11.5 Å². The molecule has 106 valence electrons. The van der Waals surface area contributed by atoms with Gasteiger partial charge in [-0.25, -0.2) is 0 Å². The summed E-state index contributed by atoms with van der Waals surface area (Å²) in [5.41, 5.74) is 2.32. The van der Waals surface area contributed by atoms with Crippen LogP contribution >= 0.6 is 0 Å². The van der Waals surface area contributed by atoms with Crippen molar-refractivity contribution in [3.63, 3.8) is 0 Å². The van der Waals surface area contributed by atoms with Crippen LogP contribution in [0.4, 0.5) is 0 Å². The average molecular weight is 271 g/mol. The van der Waals surface area contributed by atoms with Crippen molar-refractivity contribution < 1.29 is 9.47 Å². The van der Waals surface area contributed by atoms with Gasteiger partial charge < -0.3 is 14.8 Å². The van der Waals surface area contributed by atoms with Crippen LogP contribution < -0.4 is 14.8 Å². The van der Waals surface area contributed by atoms with Gasteiger partial charge in [0.25, 0.3) is 0 Å². The van der Waals surface area contributed by atoms with Crippen LogP contribution in [0.25, 0.3) is 0 Å². The molecule has 0 radical (unpaired) electrons. The first-order valence-electron chi connectivity index (χ1n) is 6.76. The molecule has 1 N–H and O–H groups in total. The largest absolute Gasteiger partial charge is 0.493 e. The third-order valence-electron chi connectivity index (χ3n) is 3.36. The van der Waals surface area contributed by atoms with Gasteiger partial charge in [-0.05, 0) is 37.2 Å². The summed E-state index contributed by atoms with van der Waals surface area (Å²) in [4.78, 5) is 0.